The van der Waals surface area contributed by atoms with Crippen LogP contribution in [-0.2, 0) is 10.0 Å². The van der Waals surface area contributed by atoms with E-state index < -0.39 is 10.0 Å². The molecule has 1 aromatic rings. The minimum absolute atomic E-state index is 0.0581. The van der Waals surface area contributed by atoms with Crippen molar-refractivity contribution in [2.24, 2.45) is 11.1 Å². The Kier molecular flexibility index (Phi) is 5.42. The molecule has 1 atom stereocenters. The van der Waals surface area contributed by atoms with Crippen molar-refractivity contribution in [3.63, 3.8) is 0 Å². The molecule has 0 saturated carbocycles. The van der Waals surface area contributed by atoms with Gasteiger partial charge in [-0.3, -0.25) is 0 Å². The molecule has 0 fully saturated rings. The third-order valence-electron chi connectivity index (χ3n) is 3.67. The smallest absolute Gasteiger partial charge is 0.244 e. The molecule has 7 heteroatoms. The lowest BCUT2D eigenvalue weighted by Crippen LogP contribution is -2.42. The van der Waals surface area contributed by atoms with Crippen molar-refractivity contribution >= 4 is 38.8 Å². The van der Waals surface area contributed by atoms with Crippen LogP contribution in [0.25, 0.3) is 0 Å². The van der Waals surface area contributed by atoms with Gasteiger partial charge in [0.1, 0.15) is 9.88 Å². The summed E-state index contributed by atoms with van der Waals surface area (Å²) in [6, 6.07) is 4.30. The average Bonchev–Trinajstić information content (AvgIpc) is 2.35. The number of halogens is 1. The molecule has 0 radical (unpaired) electrons. The normalized spacial score (nSPS) is 14.2. The molecule has 2 N–H and O–H groups in total. The molecule has 0 aliphatic rings. The molecular formula is C14H21ClN2O2S2. The first kappa shape index (κ1) is 18.4. The van der Waals surface area contributed by atoms with Gasteiger partial charge < -0.3 is 5.73 Å². The van der Waals surface area contributed by atoms with Crippen molar-refractivity contribution in [1.29, 1.82) is 0 Å². The first-order valence-electron chi connectivity index (χ1n) is 6.46. The Morgan fingerprint density at radius 2 is 1.90 bits per heavy atom. The van der Waals surface area contributed by atoms with Gasteiger partial charge in [0.05, 0.1) is 5.02 Å². The molecule has 0 aromatic heterocycles. The number of hydrogen-bond donors (Lipinski definition) is 1. The molecule has 4 nitrogen and oxygen atoms in total. The molecule has 118 valence electrons. The van der Waals surface area contributed by atoms with Gasteiger partial charge in [-0.25, -0.2) is 8.42 Å². The predicted molar refractivity (Wildman–Crippen MR) is 91.2 cm³/mol. The zero-order valence-electron chi connectivity index (χ0n) is 12.8. The second kappa shape index (κ2) is 6.20. The fourth-order valence-corrected chi connectivity index (χ4v) is 3.96. The third-order valence-corrected chi connectivity index (χ3v) is 6.32. The summed E-state index contributed by atoms with van der Waals surface area (Å²) in [5, 5.41) is 0.119. The Balaban J connectivity index is 3.29. The second-order valence-electron chi connectivity index (χ2n) is 6.07. The van der Waals surface area contributed by atoms with Crippen LogP contribution in [0.2, 0.25) is 5.02 Å². The number of hydrogen-bond acceptors (Lipinski definition) is 3. The van der Waals surface area contributed by atoms with Gasteiger partial charge in [0.15, 0.2) is 0 Å². The molecule has 1 aromatic carbocycles. The molecule has 0 heterocycles. The zero-order valence-corrected chi connectivity index (χ0v) is 15.2. The first-order chi connectivity index (χ1) is 9.39. The van der Waals surface area contributed by atoms with Gasteiger partial charge in [-0.05, 0) is 24.5 Å². The van der Waals surface area contributed by atoms with E-state index in [1.54, 1.807) is 13.1 Å². The highest BCUT2D eigenvalue weighted by Crippen LogP contribution is 2.30. The molecule has 1 rings (SSSR count). The van der Waals surface area contributed by atoms with E-state index in [2.05, 4.69) is 0 Å². The Morgan fingerprint density at radius 1 is 1.38 bits per heavy atom. The van der Waals surface area contributed by atoms with Gasteiger partial charge >= 0.3 is 0 Å². The summed E-state index contributed by atoms with van der Waals surface area (Å²) in [4.78, 5) is 0.236. The molecular weight excluding hydrogens is 328 g/mol. The zero-order chi connectivity index (χ0) is 16.6. The van der Waals surface area contributed by atoms with Gasteiger partial charge in [0.25, 0.3) is 0 Å². The Bertz CT molecular complexity index is 651. The van der Waals surface area contributed by atoms with Gasteiger partial charge in [-0.1, -0.05) is 50.7 Å². The van der Waals surface area contributed by atoms with Crippen LogP contribution in [0.5, 0.6) is 0 Å². The van der Waals surface area contributed by atoms with Crippen LogP contribution in [0, 0.1) is 5.41 Å². The lowest BCUT2D eigenvalue weighted by Gasteiger charge is -2.34. The van der Waals surface area contributed by atoms with Gasteiger partial charge in [0, 0.05) is 18.7 Å². The van der Waals surface area contributed by atoms with E-state index >= 15 is 0 Å². The summed E-state index contributed by atoms with van der Waals surface area (Å²) in [7, 11) is -2.12. The van der Waals surface area contributed by atoms with Crippen molar-refractivity contribution in [3.05, 3.63) is 28.8 Å². The maximum absolute atomic E-state index is 12.7. The van der Waals surface area contributed by atoms with E-state index in [1.165, 1.54) is 16.4 Å². The summed E-state index contributed by atoms with van der Waals surface area (Å²) in [6.45, 7) is 7.83. The van der Waals surface area contributed by atoms with E-state index in [9.17, 15) is 8.42 Å². The van der Waals surface area contributed by atoms with E-state index in [0.717, 1.165) is 0 Å². The number of benzene rings is 1. The Hall–Kier alpha value is -0.690. The van der Waals surface area contributed by atoms with Crippen LogP contribution in [0.15, 0.2) is 23.1 Å². The second-order valence-corrected chi connectivity index (χ2v) is 8.89. The van der Waals surface area contributed by atoms with Crippen LogP contribution in [0.4, 0.5) is 0 Å². The number of thiocarbonyl (C=S) groups is 1. The van der Waals surface area contributed by atoms with Crippen LogP contribution >= 0.6 is 23.8 Å². The lowest BCUT2D eigenvalue weighted by atomic mass is 9.88. The van der Waals surface area contributed by atoms with Gasteiger partial charge in [-0.2, -0.15) is 4.31 Å². The molecule has 0 aliphatic carbocycles. The van der Waals surface area contributed by atoms with E-state index in [4.69, 9.17) is 29.6 Å². The maximum atomic E-state index is 12.7. The maximum Gasteiger partial charge on any atom is 0.244 e. The predicted octanol–water partition coefficient (Wildman–Crippen LogP) is 3.03. The SMILES string of the molecule is CC(N(C)S(=O)(=O)c1ccc(C(N)=S)cc1Cl)C(C)(C)C. The molecule has 21 heavy (non-hydrogen) atoms. The third kappa shape index (κ3) is 3.94. The standard InChI is InChI=1S/C14H21ClN2O2S2/c1-9(14(2,3)4)17(5)21(18,19)12-7-6-10(13(16)20)8-11(12)15/h6-9H,1-5H3,(H2,16,20). The summed E-state index contributed by atoms with van der Waals surface area (Å²) in [5.74, 6) is 0. The van der Waals surface area contributed by atoms with Gasteiger partial charge in [0.2, 0.25) is 10.0 Å². The number of nitrogens with two attached hydrogens (primary N) is 1. The summed E-state index contributed by atoms with van der Waals surface area (Å²) in [5.41, 5.74) is 5.87. The minimum atomic E-state index is -3.68. The average molecular weight is 349 g/mol. The Morgan fingerprint density at radius 3 is 2.29 bits per heavy atom. The molecule has 0 bridgehead atoms. The van der Waals surface area contributed by atoms with Crippen molar-refractivity contribution in [1.82, 2.24) is 4.31 Å². The van der Waals surface area contributed by atoms with Crippen molar-refractivity contribution in [2.45, 2.75) is 38.6 Å². The van der Waals surface area contributed by atoms with Crippen LogP contribution in [0.1, 0.15) is 33.3 Å². The quantitative estimate of drug-likeness (QED) is 0.849. The number of nitrogens with zero attached hydrogens (tertiary/aromatic N) is 1. The summed E-state index contributed by atoms with van der Waals surface area (Å²) >= 11 is 11.0. The first-order valence-corrected chi connectivity index (χ1v) is 8.69. The van der Waals surface area contributed by atoms with Crippen LogP contribution in [-0.4, -0.2) is 30.8 Å². The van der Waals surface area contributed by atoms with E-state index in [-0.39, 0.29) is 26.4 Å². The summed E-state index contributed by atoms with van der Waals surface area (Å²) in [6.07, 6.45) is 0. The molecule has 0 saturated heterocycles. The number of sulfonamides is 1. The molecule has 0 amide bonds. The molecule has 0 aliphatic heterocycles. The van der Waals surface area contributed by atoms with Crippen molar-refractivity contribution in [2.75, 3.05) is 7.05 Å². The highest BCUT2D eigenvalue weighted by atomic mass is 35.5. The highest BCUT2D eigenvalue weighted by Gasteiger charge is 2.33. The highest BCUT2D eigenvalue weighted by molar-refractivity contribution is 7.89. The Labute approximate surface area is 137 Å². The lowest BCUT2D eigenvalue weighted by molar-refractivity contribution is 0.216. The largest absolute Gasteiger partial charge is 0.389 e. The van der Waals surface area contributed by atoms with Crippen LogP contribution in [0.3, 0.4) is 0 Å². The van der Waals surface area contributed by atoms with Crippen molar-refractivity contribution < 1.29 is 8.42 Å². The van der Waals surface area contributed by atoms with E-state index in [0.29, 0.717) is 5.56 Å². The van der Waals surface area contributed by atoms with Crippen LogP contribution < -0.4 is 5.73 Å². The van der Waals surface area contributed by atoms with Gasteiger partial charge in [-0.15, -0.1) is 0 Å². The fraction of sp³-hybridized carbons (Fsp3) is 0.500. The minimum Gasteiger partial charge on any atom is -0.389 e. The van der Waals surface area contributed by atoms with Crippen molar-refractivity contribution in [3.8, 4) is 0 Å². The van der Waals surface area contributed by atoms with E-state index in [1.807, 2.05) is 27.7 Å². The summed E-state index contributed by atoms with van der Waals surface area (Å²) < 4.78 is 26.7. The fourth-order valence-electron chi connectivity index (χ4n) is 1.77. The monoisotopic (exact) mass is 348 g/mol. The molecule has 1 unspecified atom stereocenters. The topological polar surface area (TPSA) is 63.4 Å². The number of rotatable bonds is 4. The molecule has 0 spiro atoms.